The minimum atomic E-state index is -1.02. The predicted octanol–water partition coefficient (Wildman–Crippen LogP) is 4.49. The van der Waals surface area contributed by atoms with Gasteiger partial charge in [-0.2, -0.15) is 0 Å². The summed E-state index contributed by atoms with van der Waals surface area (Å²) in [5.74, 6) is -1.16. The first-order valence-corrected chi connectivity index (χ1v) is 13.2. The van der Waals surface area contributed by atoms with Crippen LogP contribution in [0.1, 0.15) is 57.7 Å². The lowest BCUT2D eigenvalue weighted by Crippen LogP contribution is -2.60. The van der Waals surface area contributed by atoms with Gasteiger partial charge in [-0.05, 0) is 55.3 Å². The van der Waals surface area contributed by atoms with Crippen LogP contribution in [0, 0.1) is 12.7 Å². The Hall–Kier alpha value is -4.04. The van der Waals surface area contributed by atoms with Gasteiger partial charge >= 0.3 is 0 Å². The van der Waals surface area contributed by atoms with E-state index in [9.17, 15) is 18.8 Å². The summed E-state index contributed by atoms with van der Waals surface area (Å²) in [6, 6.07) is 21.4. The average Bonchev–Trinajstić information content (AvgIpc) is 3.32. The van der Waals surface area contributed by atoms with Crippen LogP contribution in [-0.2, 0) is 9.53 Å². The number of benzene rings is 3. The van der Waals surface area contributed by atoms with Crippen molar-refractivity contribution < 1.29 is 23.5 Å². The van der Waals surface area contributed by atoms with Crippen LogP contribution in [0.2, 0.25) is 0 Å². The van der Waals surface area contributed by atoms with Crippen LogP contribution in [0.25, 0.3) is 0 Å². The van der Waals surface area contributed by atoms with Crippen LogP contribution in [-0.4, -0.2) is 59.0 Å². The highest BCUT2D eigenvalue weighted by Crippen LogP contribution is 2.39. The van der Waals surface area contributed by atoms with Gasteiger partial charge in [-0.15, -0.1) is 0 Å². The summed E-state index contributed by atoms with van der Waals surface area (Å²) in [7, 11) is 0. The van der Waals surface area contributed by atoms with Gasteiger partial charge in [-0.3, -0.25) is 19.3 Å². The number of likely N-dealkylation sites (tertiary alicyclic amines) is 1. The Bertz CT molecular complexity index is 1350. The summed E-state index contributed by atoms with van der Waals surface area (Å²) in [4.78, 5) is 43.9. The molecular formula is C31H32FN3O4. The van der Waals surface area contributed by atoms with Gasteiger partial charge < -0.3 is 15.0 Å². The highest BCUT2D eigenvalue weighted by atomic mass is 19.1. The molecule has 3 amide bonds. The molecule has 202 valence electrons. The summed E-state index contributed by atoms with van der Waals surface area (Å²) in [5, 5.41) is 3.06. The van der Waals surface area contributed by atoms with Crippen LogP contribution >= 0.6 is 0 Å². The Kier molecular flexibility index (Phi) is 7.48. The number of halogens is 1. The van der Waals surface area contributed by atoms with E-state index in [0.717, 1.165) is 11.1 Å². The van der Waals surface area contributed by atoms with E-state index in [0.29, 0.717) is 37.1 Å². The van der Waals surface area contributed by atoms with Crippen LogP contribution < -0.4 is 5.32 Å². The monoisotopic (exact) mass is 529 g/mol. The Morgan fingerprint density at radius 1 is 0.923 bits per heavy atom. The minimum Gasteiger partial charge on any atom is -0.353 e. The van der Waals surface area contributed by atoms with E-state index < -0.39 is 17.6 Å². The maximum atomic E-state index is 14.0. The summed E-state index contributed by atoms with van der Waals surface area (Å²) >= 11 is 0. The molecule has 2 aliphatic heterocycles. The summed E-state index contributed by atoms with van der Waals surface area (Å²) in [5.41, 5.74) is 1.67. The highest BCUT2D eigenvalue weighted by molar-refractivity contribution is 5.99. The lowest BCUT2D eigenvalue weighted by atomic mass is 9.95. The number of piperidine rings is 1. The standard InChI is InChI=1S/C31H32FN3O4/c1-21-8-6-7-11-26(21)30(38)35-27(28(36)33-22(2)23-9-4-3-5-10-23)20-39-31(35)16-18-34(19-17-31)29(37)24-12-14-25(32)15-13-24/h3-15,22,27H,16-20H2,1-2H3,(H,33,36)/t22-,27+/m0/s1. The SMILES string of the molecule is Cc1ccccc1C(=O)N1[C@@H](C(=O)N[C@@H](C)c2ccccc2)COC12CCN(C(=O)c1ccc(F)cc1)CC2. The van der Waals surface area contributed by atoms with Crippen molar-refractivity contribution in [3.05, 3.63) is 107 Å². The van der Waals surface area contributed by atoms with E-state index in [1.54, 1.807) is 21.9 Å². The quantitative estimate of drug-likeness (QED) is 0.529. The van der Waals surface area contributed by atoms with Crippen molar-refractivity contribution in [3.8, 4) is 0 Å². The fourth-order valence-electron chi connectivity index (χ4n) is 5.48. The zero-order valence-corrected chi connectivity index (χ0v) is 22.1. The van der Waals surface area contributed by atoms with Crippen molar-refractivity contribution >= 4 is 17.7 Å². The van der Waals surface area contributed by atoms with Gasteiger partial charge in [0.1, 0.15) is 17.6 Å². The first-order valence-electron chi connectivity index (χ1n) is 13.2. The van der Waals surface area contributed by atoms with E-state index in [4.69, 9.17) is 4.74 Å². The lowest BCUT2D eigenvalue weighted by Gasteiger charge is -2.44. The predicted molar refractivity (Wildman–Crippen MR) is 144 cm³/mol. The normalized spacial score (nSPS) is 19.1. The third-order valence-electron chi connectivity index (χ3n) is 7.74. The summed E-state index contributed by atoms with van der Waals surface area (Å²) < 4.78 is 19.6. The maximum absolute atomic E-state index is 14.0. The molecule has 2 heterocycles. The molecule has 5 rings (SSSR count). The molecule has 3 aromatic carbocycles. The van der Waals surface area contributed by atoms with Gasteiger partial charge in [0.05, 0.1) is 12.6 Å². The van der Waals surface area contributed by atoms with Crippen LogP contribution in [0.4, 0.5) is 4.39 Å². The minimum absolute atomic E-state index is 0.0663. The number of hydrogen-bond acceptors (Lipinski definition) is 4. The Morgan fingerprint density at radius 2 is 1.56 bits per heavy atom. The summed E-state index contributed by atoms with van der Waals surface area (Å²) in [6.07, 6.45) is 0.713. The number of carbonyl (C=O) groups excluding carboxylic acids is 3. The topological polar surface area (TPSA) is 79.0 Å². The molecule has 7 nitrogen and oxygen atoms in total. The van der Waals surface area contributed by atoms with E-state index in [1.165, 1.54) is 24.3 Å². The fraction of sp³-hybridized carbons (Fsp3) is 0.323. The van der Waals surface area contributed by atoms with Crippen molar-refractivity contribution in [1.82, 2.24) is 15.1 Å². The third kappa shape index (κ3) is 5.29. The number of nitrogens with zero attached hydrogens (tertiary/aromatic N) is 2. The van der Waals surface area contributed by atoms with Gasteiger partial charge in [-0.1, -0.05) is 48.5 Å². The molecular weight excluding hydrogens is 497 g/mol. The second kappa shape index (κ2) is 11.0. The number of ether oxygens (including phenoxy) is 1. The van der Waals surface area contributed by atoms with E-state index in [-0.39, 0.29) is 30.4 Å². The molecule has 1 spiro atoms. The fourth-order valence-corrected chi connectivity index (χ4v) is 5.48. The molecule has 2 aliphatic rings. The van der Waals surface area contributed by atoms with Gasteiger partial charge in [0.2, 0.25) is 5.91 Å². The highest BCUT2D eigenvalue weighted by Gasteiger charge is 2.54. The van der Waals surface area contributed by atoms with E-state index >= 15 is 0 Å². The summed E-state index contributed by atoms with van der Waals surface area (Å²) in [6.45, 7) is 4.52. The van der Waals surface area contributed by atoms with Gasteiger partial charge in [0, 0.05) is 37.1 Å². The molecule has 8 heteroatoms. The molecule has 0 bridgehead atoms. The van der Waals surface area contributed by atoms with Crippen molar-refractivity contribution in [3.63, 3.8) is 0 Å². The van der Waals surface area contributed by atoms with E-state index in [1.807, 2.05) is 56.3 Å². The number of aryl methyl sites for hydroxylation is 1. The second-order valence-corrected chi connectivity index (χ2v) is 10.2. The molecule has 3 aromatic rings. The number of rotatable bonds is 5. The zero-order chi connectivity index (χ0) is 27.6. The Labute approximate surface area is 227 Å². The van der Waals surface area contributed by atoms with Gasteiger partial charge in [0.25, 0.3) is 11.8 Å². The van der Waals surface area contributed by atoms with E-state index in [2.05, 4.69) is 5.32 Å². The molecule has 2 saturated heterocycles. The average molecular weight is 530 g/mol. The Morgan fingerprint density at radius 3 is 2.23 bits per heavy atom. The molecule has 0 saturated carbocycles. The molecule has 0 radical (unpaired) electrons. The molecule has 0 unspecified atom stereocenters. The van der Waals surface area contributed by atoms with Crippen molar-refractivity contribution in [2.75, 3.05) is 19.7 Å². The van der Waals surface area contributed by atoms with Crippen molar-refractivity contribution in [2.45, 2.75) is 44.5 Å². The largest absolute Gasteiger partial charge is 0.353 e. The number of carbonyl (C=O) groups is 3. The number of amides is 3. The molecule has 39 heavy (non-hydrogen) atoms. The molecule has 0 aliphatic carbocycles. The Balaban J connectivity index is 1.39. The maximum Gasteiger partial charge on any atom is 0.257 e. The van der Waals surface area contributed by atoms with Crippen LogP contribution in [0.5, 0.6) is 0 Å². The first-order chi connectivity index (χ1) is 18.8. The van der Waals surface area contributed by atoms with Crippen molar-refractivity contribution in [2.24, 2.45) is 0 Å². The molecule has 2 fully saturated rings. The zero-order valence-electron chi connectivity index (χ0n) is 22.1. The molecule has 2 atom stereocenters. The second-order valence-electron chi connectivity index (χ2n) is 10.2. The van der Waals surface area contributed by atoms with Crippen LogP contribution in [0.15, 0.2) is 78.9 Å². The third-order valence-corrected chi connectivity index (χ3v) is 7.74. The molecule has 1 N–H and O–H groups in total. The van der Waals surface area contributed by atoms with Gasteiger partial charge in [0.15, 0.2) is 0 Å². The smallest absolute Gasteiger partial charge is 0.257 e. The lowest BCUT2D eigenvalue weighted by molar-refractivity contribution is -0.128. The van der Waals surface area contributed by atoms with Crippen LogP contribution in [0.3, 0.4) is 0 Å². The van der Waals surface area contributed by atoms with Gasteiger partial charge in [-0.25, -0.2) is 4.39 Å². The number of nitrogens with one attached hydrogen (secondary N) is 1. The molecule has 0 aromatic heterocycles. The number of hydrogen-bond donors (Lipinski definition) is 1. The van der Waals surface area contributed by atoms with Crippen molar-refractivity contribution in [1.29, 1.82) is 0 Å². The first kappa shape index (κ1) is 26.6.